The predicted octanol–water partition coefficient (Wildman–Crippen LogP) is 1.90. The van der Waals surface area contributed by atoms with Crippen LogP contribution in [0.1, 0.15) is 17.9 Å². The van der Waals surface area contributed by atoms with Gasteiger partial charge in [0.1, 0.15) is 15.9 Å². The lowest BCUT2D eigenvalue weighted by Gasteiger charge is -2.23. The molecule has 7 heteroatoms. The topological polar surface area (TPSA) is 92.2 Å². The van der Waals surface area contributed by atoms with Crippen LogP contribution in [-0.4, -0.2) is 27.0 Å². The predicted molar refractivity (Wildman–Crippen MR) is 70.9 cm³/mol. The summed E-state index contributed by atoms with van der Waals surface area (Å²) in [4.78, 5) is 31.3. The molecule has 3 heterocycles. The largest absolute Gasteiger partial charge is 0.481 e. The number of anilines is 1. The van der Waals surface area contributed by atoms with Crippen LogP contribution in [0.4, 0.5) is 5.82 Å². The number of rotatable bonds is 1. The van der Waals surface area contributed by atoms with Crippen molar-refractivity contribution in [2.75, 3.05) is 5.32 Å². The van der Waals surface area contributed by atoms with E-state index in [1.165, 1.54) is 0 Å². The number of nitrogens with one attached hydrogen (secondary N) is 1. The molecule has 1 amide bonds. The highest BCUT2D eigenvalue weighted by Crippen LogP contribution is 2.38. The average molecular weight is 322 g/mol. The molecule has 0 aromatic carbocycles. The number of hydrogen-bond acceptors (Lipinski definition) is 4. The SMILES string of the molecule is O=C1CC(C(=O)O)c2c(nc(Br)c3ncccc23)N1. The van der Waals surface area contributed by atoms with Gasteiger partial charge in [-0.1, -0.05) is 6.07 Å². The molecular formula is C12H8BrN3O3. The van der Waals surface area contributed by atoms with Gasteiger partial charge < -0.3 is 10.4 Å². The fourth-order valence-corrected chi connectivity index (χ4v) is 2.75. The van der Waals surface area contributed by atoms with Crippen LogP contribution in [0.2, 0.25) is 0 Å². The van der Waals surface area contributed by atoms with E-state index in [4.69, 9.17) is 0 Å². The van der Waals surface area contributed by atoms with Gasteiger partial charge in [-0.05, 0) is 22.0 Å². The molecule has 1 unspecified atom stereocenters. The smallest absolute Gasteiger partial charge is 0.311 e. The van der Waals surface area contributed by atoms with Crippen LogP contribution in [0.5, 0.6) is 0 Å². The molecule has 19 heavy (non-hydrogen) atoms. The lowest BCUT2D eigenvalue weighted by atomic mass is 9.90. The first-order valence-corrected chi connectivity index (χ1v) is 6.34. The van der Waals surface area contributed by atoms with E-state index in [0.29, 0.717) is 21.1 Å². The molecule has 0 saturated carbocycles. The minimum Gasteiger partial charge on any atom is -0.481 e. The third-order valence-corrected chi connectivity index (χ3v) is 3.61. The van der Waals surface area contributed by atoms with Crippen LogP contribution in [0.3, 0.4) is 0 Å². The van der Waals surface area contributed by atoms with E-state index >= 15 is 0 Å². The van der Waals surface area contributed by atoms with Gasteiger partial charge in [0.15, 0.2) is 0 Å². The molecule has 1 aliphatic rings. The summed E-state index contributed by atoms with van der Waals surface area (Å²) < 4.78 is 0.480. The van der Waals surface area contributed by atoms with Crippen molar-refractivity contribution in [1.82, 2.24) is 9.97 Å². The number of amides is 1. The Morgan fingerprint density at radius 2 is 2.32 bits per heavy atom. The van der Waals surface area contributed by atoms with Gasteiger partial charge in [-0.15, -0.1) is 0 Å². The van der Waals surface area contributed by atoms with E-state index in [2.05, 4.69) is 31.2 Å². The molecule has 0 spiro atoms. The molecular weight excluding hydrogens is 314 g/mol. The summed E-state index contributed by atoms with van der Waals surface area (Å²) in [6, 6.07) is 3.51. The second-order valence-electron chi connectivity index (χ2n) is 4.21. The molecule has 1 atom stereocenters. The number of fused-ring (bicyclic) bond motifs is 3. The molecule has 3 rings (SSSR count). The van der Waals surface area contributed by atoms with Crippen LogP contribution < -0.4 is 5.32 Å². The highest BCUT2D eigenvalue weighted by Gasteiger charge is 2.33. The Kier molecular flexibility index (Phi) is 2.70. The lowest BCUT2D eigenvalue weighted by molar-refractivity contribution is -0.140. The molecule has 0 aliphatic carbocycles. The third kappa shape index (κ3) is 1.86. The summed E-state index contributed by atoms with van der Waals surface area (Å²) in [5.74, 6) is -1.99. The van der Waals surface area contributed by atoms with Gasteiger partial charge in [-0.25, -0.2) is 4.98 Å². The van der Waals surface area contributed by atoms with E-state index in [1.807, 2.05) is 0 Å². The second-order valence-corrected chi connectivity index (χ2v) is 4.96. The van der Waals surface area contributed by atoms with Crippen molar-refractivity contribution in [2.24, 2.45) is 0 Å². The van der Waals surface area contributed by atoms with Crippen molar-refractivity contribution >= 4 is 44.5 Å². The Morgan fingerprint density at radius 1 is 1.53 bits per heavy atom. The molecule has 2 N–H and O–H groups in total. The molecule has 0 radical (unpaired) electrons. The number of carboxylic acids is 1. The van der Waals surface area contributed by atoms with E-state index in [-0.39, 0.29) is 18.1 Å². The zero-order chi connectivity index (χ0) is 13.6. The first kappa shape index (κ1) is 12.0. The number of carbonyl (C=O) groups excluding carboxylic acids is 1. The molecule has 1 aliphatic heterocycles. The first-order chi connectivity index (χ1) is 9.08. The lowest BCUT2D eigenvalue weighted by Crippen LogP contribution is -2.28. The Hall–Kier alpha value is -2.02. The number of aliphatic carboxylic acids is 1. The summed E-state index contributed by atoms with van der Waals surface area (Å²) in [5.41, 5.74) is 1.10. The average Bonchev–Trinajstić information content (AvgIpc) is 2.37. The maximum atomic E-state index is 11.5. The summed E-state index contributed by atoms with van der Waals surface area (Å²) >= 11 is 3.28. The van der Waals surface area contributed by atoms with Crippen molar-refractivity contribution in [3.05, 3.63) is 28.5 Å². The highest BCUT2D eigenvalue weighted by atomic mass is 79.9. The van der Waals surface area contributed by atoms with Gasteiger partial charge in [0.2, 0.25) is 5.91 Å². The number of hydrogen-bond donors (Lipinski definition) is 2. The molecule has 0 saturated heterocycles. The van der Waals surface area contributed by atoms with Crippen molar-refractivity contribution in [2.45, 2.75) is 12.3 Å². The number of pyridine rings is 2. The quantitative estimate of drug-likeness (QED) is 0.783. The van der Waals surface area contributed by atoms with Crippen LogP contribution >= 0.6 is 15.9 Å². The van der Waals surface area contributed by atoms with Crippen molar-refractivity contribution in [1.29, 1.82) is 0 Å². The first-order valence-electron chi connectivity index (χ1n) is 5.54. The molecule has 2 aromatic heterocycles. The third-order valence-electron chi connectivity index (χ3n) is 3.05. The Bertz CT molecular complexity index is 717. The van der Waals surface area contributed by atoms with Crippen LogP contribution in [0.15, 0.2) is 22.9 Å². The molecule has 6 nitrogen and oxygen atoms in total. The Balaban J connectivity index is 2.38. The fraction of sp³-hybridized carbons (Fsp3) is 0.167. The standard InChI is InChI=1S/C12H8BrN3O3/c13-10-9-5(2-1-3-14-9)8-6(12(18)19)4-7(17)15-11(8)16-10/h1-3,6H,4H2,(H,18,19)(H,15,16,17). The van der Waals surface area contributed by atoms with Gasteiger partial charge in [-0.3, -0.25) is 14.6 Å². The molecule has 96 valence electrons. The van der Waals surface area contributed by atoms with Crippen molar-refractivity contribution in [3.8, 4) is 0 Å². The van der Waals surface area contributed by atoms with Gasteiger partial charge in [0.05, 0.1) is 5.92 Å². The van der Waals surface area contributed by atoms with E-state index in [9.17, 15) is 14.7 Å². The van der Waals surface area contributed by atoms with Crippen LogP contribution in [0, 0.1) is 0 Å². The minimum atomic E-state index is -1.04. The highest BCUT2D eigenvalue weighted by molar-refractivity contribution is 9.10. The summed E-state index contributed by atoms with van der Waals surface area (Å²) in [5, 5.41) is 12.6. The van der Waals surface area contributed by atoms with Gasteiger partial charge in [0, 0.05) is 23.6 Å². The second kappa shape index (κ2) is 4.27. The summed E-state index contributed by atoms with van der Waals surface area (Å²) in [7, 11) is 0. The fourth-order valence-electron chi connectivity index (χ4n) is 2.26. The Labute approximate surface area is 116 Å². The Morgan fingerprint density at radius 3 is 3.05 bits per heavy atom. The molecule has 0 fully saturated rings. The zero-order valence-electron chi connectivity index (χ0n) is 9.55. The summed E-state index contributed by atoms with van der Waals surface area (Å²) in [6.45, 7) is 0. The van der Waals surface area contributed by atoms with Gasteiger partial charge >= 0.3 is 5.97 Å². The number of nitrogens with zero attached hydrogens (tertiary/aromatic N) is 2. The number of carbonyl (C=O) groups is 2. The normalized spacial score (nSPS) is 17.9. The molecule has 2 aromatic rings. The van der Waals surface area contributed by atoms with Crippen molar-refractivity contribution in [3.63, 3.8) is 0 Å². The van der Waals surface area contributed by atoms with E-state index in [1.54, 1.807) is 18.3 Å². The maximum Gasteiger partial charge on any atom is 0.311 e. The zero-order valence-corrected chi connectivity index (χ0v) is 11.1. The van der Waals surface area contributed by atoms with E-state index in [0.717, 1.165) is 0 Å². The maximum absolute atomic E-state index is 11.5. The number of aromatic nitrogens is 2. The van der Waals surface area contributed by atoms with Crippen molar-refractivity contribution < 1.29 is 14.7 Å². The van der Waals surface area contributed by atoms with Crippen LogP contribution in [0.25, 0.3) is 10.9 Å². The van der Waals surface area contributed by atoms with E-state index < -0.39 is 11.9 Å². The number of carboxylic acid groups (broad SMARTS) is 1. The van der Waals surface area contributed by atoms with Gasteiger partial charge in [0.25, 0.3) is 0 Å². The minimum absolute atomic E-state index is 0.0877. The summed E-state index contributed by atoms with van der Waals surface area (Å²) in [6.07, 6.45) is 1.52. The van der Waals surface area contributed by atoms with Gasteiger partial charge in [-0.2, -0.15) is 0 Å². The molecule has 0 bridgehead atoms. The van der Waals surface area contributed by atoms with Crippen LogP contribution in [-0.2, 0) is 9.59 Å². The number of halogens is 1. The monoisotopic (exact) mass is 321 g/mol.